The van der Waals surface area contributed by atoms with Crippen LogP contribution in [-0.2, 0) is 9.16 Å². The summed E-state index contributed by atoms with van der Waals surface area (Å²) < 4.78 is 12.5. The van der Waals surface area contributed by atoms with Crippen LogP contribution >= 0.6 is 0 Å². The Morgan fingerprint density at radius 3 is 2.64 bits per heavy atom. The number of ether oxygens (including phenoxy) is 1. The topological polar surface area (TPSA) is 18.5 Å². The molecule has 22 heavy (non-hydrogen) atoms. The van der Waals surface area contributed by atoms with Gasteiger partial charge in [-0.1, -0.05) is 45.3 Å². The van der Waals surface area contributed by atoms with Crippen molar-refractivity contribution in [2.24, 2.45) is 5.41 Å². The van der Waals surface area contributed by atoms with E-state index in [1.54, 1.807) is 0 Å². The largest absolute Gasteiger partial charge is 0.413 e. The average molecular weight is 321 g/mol. The molecule has 2 rings (SSSR count). The van der Waals surface area contributed by atoms with Crippen LogP contribution in [0, 0.1) is 17.8 Å². The molecule has 1 saturated carbocycles. The third kappa shape index (κ3) is 3.35. The smallest absolute Gasteiger partial charge is 0.192 e. The third-order valence-electron chi connectivity index (χ3n) is 6.08. The maximum Gasteiger partial charge on any atom is 0.192 e. The number of fused-ring (bicyclic) bond motifs is 1. The minimum atomic E-state index is -1.72. The van der Waals surface area contributed by atoms with Crippen molar-refractivity contribution >= 4 is 8.32 Å². The molecule has 1 fully saturated rings. The van der Waals surface area contributed by atoms with Gasteiger partial charge in [0, 0.05) is 5.41 Å². The van der Waals surface area contributed by atoms with E-state index in [0.717, 1.165) is 25.7 Å². The molecule has 0 bridgehead atoms. The molecule has 0 aromatic heterocycles. The Morgan fingerprint density at radius 2 is 2.05 bits per heavy atom. The fourth-order valence-electron chi connectivity index (χ4n) is 3.45. The van der Waals surface area contributed by atoms with E-state index in [1.807, 2.05) is 0 Å². The number of rotatable bonds is 4. The summed E-state index contributed by atoms with van der Waals surface area (Å²) in [6.07, 6.45) is 12.7. The van der Waals surface area contributed by atoms with Gasteiger partial charge >= 0.3 is 0 Å². The molecule has 0 radical (unpaired) electrons. The van der Waals surface area contributed by atoms with Crippen LogP contribution in [0.4, 0.5) is 0 Å². The van der Waals surface area contributed by atoms with Gasteiger partial charge in [0.1, 0.15) is 6.61 Å². The summed E-state index contributed by atoms with van der Waals surface area (Å²) >= 11 is 0. The van der Waals surface area contributed by atoms with Crippen LogP contribution in [0.25, 0.3) is 0 Å². The standard InChI is InChI=1S/C19H32O2Si/c1-8-13-20-16-11-12-19(5)15(14-16)9-10-17(19)21-22(6,7)18(2,3)4/h1,14,16-17H,9-13H2,2-7H3/t16-,17+,19+/m0/s1. The molecule has 2 aliphatic carbocycles. The molecular formula is C19H32O2Si. The van der Waals surface area contributed by atoms with Gasteiger partial charge < -0.3 is 9.16 Å². The second kappa shape index (κ2) is 6.15. The molecule has 0 N–H and O–H groups in total. The molecular weight excluding hydrogens is 288 g/mol. The lowest BCUT2D eigenvalue weighted by atomic mass is 9.74. The summed E-state index contributed by atoms with van der Waals surface area (Å²) in [5, 5.41) is 0.267. The molecule has 0 unspecified atom stereocenters. The lowest BCUT2D eigenvalue weighted by Crippen LogP contribution is -2.47. The van der Waals surface area contributed by atoms with Crippen molar-refractivity contribution in [1.29, 1.82) is 0 Å². The van der Waals surface area contributed by atoms with Crippen LogP contribution in [0.3, 0.4) is 0 Å². The fourth-order valence-corrected chi connectivity index (χ4v) is 4.89. The average Bonchev–Trinajstić information content (AvgIpc) is 2.71. The maximum absolute atomic E-state index is 6.78. The van der Waals surface area contributed by atoms with E-state index in [1.165, 1.54) is 5.57 Å². The minimum Gasteiger partial charge on any atom is -0.413 e. The van der Waals surface area contributed by atoms with Gasteiger partial charge in [0.25, 0.3) is 0 Å². The monoisotopic (exact) mass is 320 g/mol. The molecule has 2 aliphatic rings. The summed E-state index contributed by atoms with van der Waals surface area (Å²) in [6.45, 7) is 14.5. The molecule has 0 amide bonds. The van der Waals surface area contributed by atoms with E-state index >= 15 is 0 Å². The molecule has 0 aromatic carbocycles. The molecule has 0 aliphatic heterocycles. The highest BCUT2D eigenvalue weighted by Gasteiger charge is 2.49. The van der Waals surface area contributed by atoms with E-state index in [4.69, 9.17) is 15.6 Å². The highest BCUT2D eigenvalue weighted by atomic mass is 28.4. The zero-order chi connectivity index (χ0) is 16.6. The molecule has 124 valence electrons. The SMILES string of the molecule is C#CCO[C@@H]1C=C2CC[C@@H](O[Si](C)(C)C(C)(C)C)[C@]2(C)CC1. The molecule has 0 saturated heterocycles. The Bertz CT molecular complexity index is 481. The van der Waals surface area contributed by atoms with Crippen LogP contribution in [0.15, 0.2) is 11.6 Å². The van der Waals surface area contributed by atoms with Gasteiger partial charge in [-0.25, -0.2) is 0 Å². The van der Waals surface area contributed by atoms with Gasteiger partial charge in [0.2, 0.25) is 0 Å². The normalized spacial score (nSPS) is 32.3. The van der Waals surface area contributed by atoms with Crippen molar-refractivity contribution in [3.05, 3.63) is 11.6 Å². The van der Waals surface area contributed by atoms with E-state index in [-0.39, 0.29) is 16.6 Å². The van der Waals surface area contributed by atoms with Gasteiger partial charge in [0.15, 0.2) is 8.32 Å². The number of hydrogen-bond donors (Lipinski definition) is 0. The van der Waals surface area contributed by atoms with Crippen molar-refractivity contribution in [3.8, 4) is 12.3 Å². The molecule has 0 spiro atoms. The summed E-state index contributed by atoms with van der Waals surface area (Å²) in [6, 6.07) is 0. The van der Waals surface area contributed by atoms with Crippen LogP contribution in [-0.4, -0.2) is 27.1 Å². The van der Waals surface area contributed by atoms with E-state index in [0.29, 0.717) is 12.7 Å². The van der Waals surface area contributed by atoms with Gasteiger partial charge in [-0.15, -0.1) is 6.42 Å². The van der Waals surface area contributed by atoms with Crippen molar-refractivity contribution < 1.29 is 9.16 Å². The zero-order valence-corrected chi connectivity index (χ0v) is 16.2. The van der Waals surface area contributed by atoms with Crippen LogP contribution in [0.1, 0.15) is 53.4 Å². The number of terminal acetylenes is 1. The lowest BCUT2D eigenvalue weighted by Gasteiger charge is -2.44. The second-order valence-electron chi connectivity index (χ2n) is 8.61. The summed E-state index contributed by atoms with van der Waals surface area (Å²) in [5.41, 5.74) is 1.73. The summed E-state index contributed by atoms with van der Waals surface area (Å²) in [5.74, 6) is 2.57. The van der Waals surface area contributed by atoms with Gasteiger partial charge in [-0.05, 0) is 43.8 Å². The quantitative estimate of drug-likeness (QED) is 0.416. The number of hydrogen-bond acceptors (Lipinski definition) is 2. The fraction of sp³-hybridized carbons (Fsp3) is 0.789. The maximum atomic E-state index is 6.78. The lowest BCUT2D eigenvalue weighted by molar-refractivity contribution is 0.0475. The van der Waals surface area contributed by atoms with E-state index in [2.05, 4.69) is 52.8 Å². The highest BCUT2D eigenvalue weighted by molar-refractivity contribution is 6.74. The Labute approximate surface area is 137 Å². The summed E-state index contributed by atoms with van der Waals surface area (Å²) in [7, 11) is -1.72. The van der Waals surface area contributed by atoms with Gasteiger partial charge in [-0.2, -0.15) is 0 Å². The van der Waals surface area contributed by atoms with Crippen LogP contribution in [0.5, 0.6) is 0 Å². The Balaban J connectivity index is 2.12. The van der Waals surface area contributed by atoms with E-state index < -0.39 is 8.32 Å². The first-order chi connectivity index (χ1) is 10.1. The molecule has 0 heterocycles. The third-order valence-corrected chi connectivity index (χ3v) is 10.6. The van der Waals surface area contributed by atoms with Crippen LogP contribution < -0.4 is 0 Å². The van der Waals surface area contributed by atoms with Gasteiger partial charge in [-0.3, -0.25) is 0 Å². The summed E-state index contributed by atoms with van der Waals surface area (Å²) in [4.78, 5) is 0. The first-order valence-corrected chi connectivity index (χ1v) is 11.4. The minimum absolute atomic E-state index is 0.200. The first kappa shape index (κ1) is 17.8. The highest BCUT2D eigenvalue weighted by Crippen LogP contribution is 2.53. The Morgan fingerprint density at radius 1 is 1.36 bits per heavy atom. The van der Waals surface area contributed by atoms with Crippen molar-refractivity contribution in [1.82, 2.24) is 0 Å². The molecule has 2 nitrogen and oxygen atoms in total. The predicted molar refractivity (Wildman–Crippen MR) is 95.3 cm³/mol. The van der Waals surface area contributed by atoms with Gasteiger partial charge in [0.05, 0.1) is 12.2 Å². The molecule has 3 heteroatoms. The second-order valence-corrected chi connectivity index (χ2v) is 13.4. The Hall–Kier alpha value is -0.563. The van der Waals surface area contributed by atoms with Crippen molar-refractivity contribution in [3.63, 3.8) is 0 Å². The first-order valence-electron chi connectivity index (χ1n) is 8.54. The van der Waals surface area contributed by atoms with Crippen LogP contribution in [0.2, 0.25) is 18.1 Å². The predicted octanol–water partition coefficient (Wildman–Crippen LogP) is 4.92. The zero-order valence-electron chi connectivity index (χ0n) is 15.2. The van der Waals surface area contributed by atoms with Crippen molar-refractivity contribution in [2.75, 3.05) is 6.61 Å². The van der Waals surface area contributed by atoms with E-state index in [9.17, 15) is 0 Å². The molecule has 0 aromatic rings. The van der Waals surface area contributed by atoms with Crippen molar-refractivity contribution in [2.45, 2.75) is 83.7 Å². The Kier molecular flexibility index (Phi) is 4.97. The molecule has 3 atom stereocenters.